The van der Waals surface area contributed by atoms with Gasteiger partial charge in [0, 0.05) is 10.8 Å². The van der Waals surface area contributed by atoms with Crippen LogP contribution in [-0.2, 0) is 0 Å². The van der Waals surface area contributed by atoms with Crippen LogP contribution in [0.15, 0.2) is 162 Å². The maximum Gasteiger partial charge on any atom is 0.136 e. The fraction of sp³-hybridized carbons (Fsp3) is 0. The normalized spacial score (nSPS) is 13.3. The van der Waals surface area contributed by atoms with Crippen molar-refractivity contribution in [1.29, 1.82) is 0 Å². The summed E-state index contributed by atoms with van der Waals surface area (Å²) in [6.07, 6.45) is 0. The van der Waals surface area contributed by atoms with Gasteiger partial charge >= 0.3 is 0 Å². The zero-order valence-corrected chi connectivity index (χ0v) is 23.0. The molecule has 1 heteroatoms. The van der Waals surface area contributed by atoms with Gasteiger partial charge in [-0.1, -0.05) is 145 Å². The van der Waals surface area contributed by atoms with Gasteiger partial charge in [-0.25, -0.2) is 0 Å². The molecule has 9 rings (SSSR count). The third-order valence-electron chi connectivity index (χ3n) is 8.57. The van der Waals surface area contributed by atoms with E-state index in [0.29, 0.717) is 5.56 Å². The van der Waals surface area contributed by atoms with E-state index in [2.05, 4.69) is 72.8 Å². The minimum atomic E-state index is -0.396. The van der Waals surface area contributed by atoms with Crippen LogP contribution in [0, 0.1) is 0 Å². The Kier molecular flexibility index (Phi) is 4.27. The maximum atomic E-state index is 8.70. The monoisotopic (exact) mass is 551 g/mol. The minimum Gasteiger partial charge on any atom is -0.456 e. The van der Waals surface area contributed by atoms with Gasteiger partial charge < -0.3 is 4.42 Å². The molecule has 0 saturated heterocycles. The van der Waals surface area contributed by atoms with E-state index in [1.807, 2.05) is 54.6 Å². The Morgan fingerprint density at radius 3 is 1.51 bits per heavy atom. The van der Waals surface area contributed by atoms with Crippen molar-refractivity contribution in [3.63, 3.8) is 0 Å². The lowest BCUT2D eigenvalue weighted by atomic mass is 9.83. The fourth-order valence-corrected chi connectivity index (χ4v) is 6.81. The highest BCUT2D eigenvalue weighted by Crippen LogP contribution is 2.48. The summed E-state index contributed by atoms with van der Waals surface area (Å²) in [5, 5.41) is 8.34. The van der Waals surface area contributed by atoms with E-state index in [4.69, 9.17) is 11.3 Å². The summed E-state index contributed by atoms with van der Waals surface area (Å²) < 4.78 is 48.5. The van der Waals surface area contributed by atoms with Gasteiger partial charge in [0.1, 0.15) is 11.2 Å². The summed E-state index contributed by atoms with van der Waals surface area (Å²) >= 11 is 0. The first kappa shape index (κ1) is 19.5. The molecule has 0 saturated carbocycles. The van der Waals surface area contributed by atoms with E-state index in [0.717, 1.165) is 76.5 Å². The van der Waals surface area contributed by atoms with E-state index in [9.17, 15) is 0 Å². The van der Waals surface area contributed by atoms with Crippen LogP contribution in [-0.4, -0.2) is 0 Å². The fourth-order valence-electron chi connectivity index (χ4n) is 6.81. The minimum absolute atomic E-state index is 0.203. The number of hydrogen-bond acceptors (Lipinski definition) is 1. The SMILES string of the molecule is [2H]c1c([2H])c([2H])c(-c2ccc(-c3c4ccccc4c(-c4cccc5oc6ccccc6c45)c4ccccc34)c3ccccc23)c([2H])c1[2H]. The Morgan fingerprint density at radius 2 is 0.860 bits per heavy atom. The molecule has 0 radical (unpaired) electrons. The zero-order chi connectivity index (χ0) is 32.7. The molecule has 0 atom stereocenters. The molecule has 0 aliphatic carbocycles. The van der Waals surface area contributed by atoms with Crippen LogP contribution < -0.4 is 0 Å². The summed E-state index contributed by atoms with van der Waals surface area (Å²) in [7, 11) is 0. The number of rotatable bonds is 3. The van der Waals surface area contributed by atoms with Crippen LogP contribution >= 0.6 is 0 Å². The molecule has 43 heavy (non-hydrogen) atoms. The highest BCUT2D eigenvalue weighted by Gasteiger charge is 2.21. The quantitative estimate of drug-likeness (QED) is 0.199. The molecule has 0 fully saturated rings. The van der Waals surface area contributed by atoms with Crippen molar-refractivity contribution >= 4 is 54.3 Å². The maximum absolute atomic E-state index is 8.70. The summed E-state index contributed by atoms with van der Waals surface area (Å²) in [4.78, 5) is 0. The lowest BCUT2D eigenvalue weighted by Gasteiger charge is -2.20. The highest BCUT2D eigenvalue weighted by molar-refractivity contribution is 6.27. The Labute approximate surface area is 256 Å². The van der Waals surface area contributed by atoms with Crippen LogP contribution in [0.1, 0.15) is 6.85 Å². The number of hydrogen-bond donors (Lipinski definition) is 0. The van der Waals surface area contributed by atoms with Gasteiger partial charge in [-0.05, 0) is 77.8 Å². The van der Waals surface area contributed by atoms with Crippen molar-refractivity contribution in [2.75, 3.05) is 0 Å². The van der Waals surface area contributed by atoms with Crippen LogP contribution in [0.3, 0.4) is 0 Å². The molecule has 1 aromatic heterocycles. The molecular weight excluding hydrogens is 520 g/mol. The predicted octanol–water partition coefficient (Wildman–Crippen LogP) is 12.0. The molecule has 1 nitrogen and oxygen atoms in total. The number of para-hydroxylation sites is 1. The molecule has 0 N–H and O–H groups in total. The average molecular weight is 552 g/mol. The van der Waals surface area contributed by atoms with E-state index in [1.165, 1.54) is 0 Å². The van der Waals surface area contributed by atoms with Crippen molar-refractivity contribution in [2.24, 2.45) is 0 Å². The molecule has 1 heterocycles. The van der Waals surface area contributed by atoms with Crippen LogP contribution in [0.5, 0.6) is 0 Å². The Bertz CT molecular complexity index is 2710. The second-order valence-electron chi connectivity index (χ2n) is 10.8. The van der Waals surface area contributed by atoms with Crippen molar-refractivity contribution in [1.82, 2.24) is 0 Å². The van der Waals surface area contributed by atoms with Crippen molar-refractivity contribution < 1.29 is 11.3 Å². The van der Waals surface area contributed by atoms with Crippen LogP contribution in [0.4, 0.5) is 0 Å². The molecule has 0 aliphatic heterocycles. The lowest BCUT2D eigenvalue weighted by molar-refractivity contribution is 0.669. The average Bonchev–Trinajstić information content (AvgIpc) is 3.52. The molecule has 0 spiro atoms. The second kappa shape index (κ2) is 9.44. The molecule has 0 bridgehead atoms. The van der Waals surface area contributed by atoms with Crippen molar-refractivity contribution in [3.8, 4) is 33.4 Å². The van der Waals surface area contributed by atoms with E-state index in [1.54, 1.807) is 0 Å². The first-order valence-corrected chi connectivity index (χ1v) is 14.4. The van der Waals surface area contributed by atoms with Gasteiger partial charge in [0.05, 0.1) is 6.85 Å². The van der Waals surface area contributed by atoms with Gasteiger partial charge in [0.25, 0.3) is 0 Å². The van der Waals surface area contributed by atoms with Gasteiger partial charge in [-0.15, -0.1) is 0 Å². The van der Waals surface area contributed by atoms with Crippen molar-refractivity contribution in [3.05, 3.63) is 158 Å². The molecule has 0 amide bonds. The Morgan fingerprint density at radius 1 is 0.372 bits per heavy atom. The summed E-state index contributed by atoms with van der Waals surface area (Å²) in [6.45, 7) is 0. The van der Waals surface area contributed by atoms with Gasteiger partial charge in [-0.2, -0.15) is 0 Å². The molecule has 0 aliphatic rings. The topological polar surface area (TPSA) is 13.1 Å². The Hall–Kier alpha value is -5.66. The first-order valence-electron chi connectivity index (χ1n) is 16.9. The molecule has 200 valence electrons. The molecule has 9 aromatic rings. The van der Waals surface area contributed by atoms with Gasteiger partial charge in [0.2, 0.25) is 0 Å². The summed E-state index contributed by atoms with van der Waals surface area (Å²) in [5.41, 5.74) is 6.85. The molecular formula is C42H26O. The van der Waals surface area contributed by atoms with Crippen molar-refractivity contribution in [2.45, 2.75) is 0 Å². The third kappa shape index (κ3) is 3.58. The number of benzene rings is 8. The summed E-state index contributed by atoms with van der Waals surface area (Å²) in [5.74, 6) is 0. The summed E-state index contributed by atoms with van der Waals surface area (Å²) in [6, 6.07) is 41.9. The Balaban J connectivity index is 1.40. The molecule has 0 unspecified atom stereocenters. The third-order valence-corrected chi connectivity index (χ3v) is 8.57. The van der Waals surface area contributed by atoms with Gasteiger partial charge in [-0.3, -0.25) is 0 Å². The first-order chi connectivity index (χ1) is 23.4. The predicted molar refractivity (Wildman–Crippen MR) is 183 cm³/mol. The second-order valence-corrected chi connectivity index (χ2v) is 10.8. The zero-order valence-electron chi connectivity index (χ0n) is 28.0. The molecule has 8 aromatic carbocycles. The highest BCUT2D eigenvalue weighted by atomic mass is 16.3. The largest absolute Gasteiger partial charge is 0.456 e. The van der Waals surface area contributed by atoms with E-state index >= 15 is 0 Å². The standard InChI is InChI=1S/C42H26O/c1-2-13-27(14-3-1)28-25-26-35(30-16-5-4-15-29(28)30)40-31-17-6-8-19-33(31)41(34-20-9-7-18-32(34)40)37-22-12-24-39-42(37)36-21-10-11-23-38(36)43-39/h1-26H/i1D,2D,3D,13D,14D. The van der Waals surface area contributed by atoms with E-state index in [-0.39, 0.29) is 29.7 Å². The number of furan rings is 1. The van der Waals surface area contributed by atoms with Gasteiger partial charge in [0.15, 0.2) is 0 Å². The van der Waals surface area contributed by atoms with Crippen LogP contribution in [0.2, 0.25) is 0 Å². The number of fused-ring (bicyclic) bond motifs is 6. The van der Waals surface area contributed by atoms with Crippen LogP contribution in [0.25, 0.3) is 87.6 Å². The smallest absolute Gasteiger partial charge is 0.136 e. The van der Waals surface area contributed by atoms with E-state index < -0.39 is 6.04 Å². The lowest BCUT2D eigenvalue weighted by Crippen LogP contribution is -1.92.